The quantitative estimate of drug-likeness (QED) is 0.848. The van der Waals surface area contributed by atoms with Crippen LogP contribution in [-0.4, -0.2) is 22.9 Å². The average molecular weight is 234 g/mol. The third-order valence-corrected chi connectivity index (χ3v) is 3.80. The zero-order valence-corrected chi connectivity index (χ0v) is 10.1. The van der Waals surface area contributed by atoms with Crippen molar-refractivity contribution >= 4 is 5.91 Å². The molecule has 1 amide bonds. The van der Waals surface area contributed by atoms with E-state index < -0.39 is 0 Å². The highest BCUT2D eigenvalue weighted by atomic mass is 16.3. The summed E-state index contributed by atoms with van der Waals surface area (Å²) in [6, 6.07) is 2.27. The molecule has 1 aromatic heterocycles. The van der Waals surface area contributed by atoms with E-state index in [0.29, 0.717) is 12.5 Å². The Balaban J connectivity index is 1.97. The molecule has 2 aliphatic rings. The molecule has 0 radical (unpaired) electrons. The molecule has 2 heterocycles. The minimum absolute atomic E-state index is 0.00171. The fourth-order valence-corrected chi connectivity index (χ4v) is 2.73. The van der Waals surface area contributed by atoms with Crippen LogP contribution in [0.15, 0.2) is 16.7 Å². The van der Waals surface area contributed by atoms with Gasteiger partial charge in [0.15, 0.2) is 0 Å². The van der Waals surface area contributed by atoms with E-state index >= 15 is 0 Å². The molecule has 17 heavy (non-hydrogen) atoms. The van der Waals surface area contributed by atoms with E-state index in [1.54, 1.807) is 6.26 Å². The first-order valence-corrected chi connectivity index (χ1v) is 6.29. The number of carbonyl (C=O) groups is 1. The highest BCUT2D eigenvalue weighted by Gasteiger charge is 2.44. The van der Waals surface area contributed by atoms with Crippen LogP contribution in [0.25, 0.3) is 0 Å². The van der Waals surface area contributed by atoms with Crippen molar-refractivity contribution in [3.8, 4) is 0 Å². The summed E-state index contributed by atoms with van der Waals surface area (Å²) < 4.78 is 5.56. The number of amides is 1. The molecule has 92 valence electrons. The summed E-state index contributed by atoms with van der Waals surface area (Å²) in [5.74, 6) is 1.10. The maximum atomic E-state index is 12.1. The third kappa shape index (κ3) is 1.76. The van der Waals surface area contributed by atoms with Gasteiger partial charge in [0.25, 0.3) is 0 Å². The van der Waals surface area contributed by atoms with E-state index in [1.807, 2.05) is 17.9 Å². The minimum atomic E-state index is -0.0567. The number of hydrogen-bond acceptors (Lipinski definition) is 3. The predicted octanol–water partition coefficient (Wildman–Crippen LogP) is 1.74. The second-order valence-corrected chi connectivity index (χ2v) is 5.15. The number of hydrogen-bond donors (Lipinski definition) is 1. The molecule has 2 N–H and O–H groups in total. The molecule has 4 nitrogen and oxygen atoms in total. The first-order chi connectivity index (χ1) is 8.18. The van der Waals surface area contributed by atoms with Gasteiger partial charge in [0.1, 0.15) is 11.8 Å². The molecule has 0 bridgehead atoms. The Hall–Kier alpha value is -1.29. The van der Waals surface area contributed by atoms with Gasteiger partial charge in [-0.15, -0.1) is 0 Å². The summed E-state index contributed by atoms with van der Waals surface area (Å²) in [6.45, 7) is 2.01. The molecule has 1 aliphatic carbocycles. The van der Waals surface area contributed by atoms with Crippen molar-refractivity contribution in [2.45, 2.75) is 50.7 Å². The lowest BCUT2D eigenvalue weighted by atomic mass is 9.92. The topological polar surface area (TPSA) is 59.5 Å². The van der Waals surface area contributed by atoms with Crippen LogP contribution in [0.2, 0.25) is 0 Å². The maximum absolute atomic E-state index is 12.1. The van der Waals surface area contributed by atoms with Gasteiger partial charge >= 0.3 is 0 Å². The van der Waals surface area contributed by atoms with Crippen LogP contribution < -0.4 is 5.73 Å². The highest BCUT2D eigenvalue weighted by molar-refractivity contribution is 5.78. The summed E-state index contributed by atoms with van der Waals surface area (Å²) in [4.78, 5) is 14.0. The number of nitrogens with two attached hydrogens (primary N) is 1. The number of nitrogens with zero attached hydrogens (tertiary/aromatic N) is 1. The molecule has 2 unspecified atom stereocenters. The molecular weight excluding hydrogens is 216 g/mol. The molecule has 1 saturated heterocycles. The third-order valence-electron chi connectivity index (χ3n) is 3.80. The zero-order valence-electron chi connectivity index (χ0n) is 10.1. The predicted molar refractivity (Wildman–Crippen MR) is 63.3 cm³/mol. The van der Waals surface area contributed by atoms with Gasteiger partial charge in [0, 0.05) is 18.5 Å². The Kier molecular flexibility index (Phi) is 2.47. The smallest absolute Gasteiger partial charge is 0.223 e. The van der Waals surface area contributed by atoms with Crippen LogP contribution in [0, 0.1) is 6.92 Å². The molecule has 3 rings (SSSR count). The van der Waals surface area contributed by atoms with Crippen molar-refractivity contribution in [1.29, 1.82) is 0 Å². The van der Waals surface area contributed by atoms with E-state index in [9.17, 15) is 4.79 Å². The number of piperidine rings is 1. The van der Waals surface area contributed by atoms with Crippen molar-refractivity contribution < 1.29 is 9.21 Å². The molecule has 0 aromatic carbocycles. The Labute approximate surface area is 101 Å². The largest absolute Gasteiger partial charge is 0.467 e. The summed E-state index contributed by atoms with van der Waals surface area (Å²) in [5.41, 5.74) is 7.29. The highest BCUT2D eigenvalue weighted by Crippen LogP contribution is 2.40. The summed E-state index contributed by atoms with van der Waals surface area (Å²) in [6.07, 6.45) is 5.23. The van der Waals surface area contributed by atoms with E-state index in [0.717, 1.165) is 30.6 Å². The normalized spacial score (nSPS) is 29.8. The van der Waals surface area contributed by atoms with Gasteiger partial charge in [-0.3, -0.25) is 4.79 Å². The zero-order chi connectivity index (χ0) is 12.0. The summed E-state index contributed by atoms with van der Waals surface area (Å²) in [5, 5.41) is 0. The molecule has 1 aromatic rings. The Morgan fingerprint density at radius 3 is 2.76 bits per heavy atom. The van der Waals surface area contributed by atoms with Crippen LogP contribution in [0.1, 0.15) is 43.0 Å². The minimum Gasteiger partial charge on any atom is -0.467 e. The van der Waals surface area contributed by atoms with E-state index in [2.05, 4.69) is 0 Å². The number of aryl methyl sites for hydroxylation is 1. The lowest BCUT2D eigenvalue weighted by Gasteiger charge is -2.39. The average Bonchev–Trinajstić information content (AvgIpc) is 3.05. The van der Waals surface area contributed by atoms with Gasteiger partial charge in [-0.25, -0.2) is 0 Å². The molecular formula is C13H18N2O2. The van der Waals surface area contributed by atoms with Gasteiger partial charge in [-0.1, -0.05) is 0 Å². The van der Waals surface area contributed by atoms with Crippen molar-refractivity contribution in [3.63, 3.8) is 0 Å². The van der Waals surface area contributed by atoms with Gasteiger partial charge in [0.2, 0.25) is 5.91 Å². The molecule has 2 atom stereocenters. The van der Waals surface area contributed by atoms with Crippen molar-refractivity contribution in [2.75, 3.05) is 0 Å². The summed E-state index contributed by atoms with van der Waals surface area (Å²) in [7, 11) is 0. The van der Waals surface area contributed by atoms with Gasteiger partial charge in [0.05, 0.1) is 6.26 Å². The fraction of sp³-hybridized carbons (Fsp3) is 0.615. The van der Waals surface area contributed by atoms with Crippen LogP contribution in [0.4, 0.5) is 0 Å². The van der Waals surface area contributed by atoms with Crippen LogP contribution in [-0.2, 0) is 4.79 Å². The summed E-state index contributed by atoms with van der Waals surface area (Å²) >= 11 is 0. The second kappa shape index (κ2) is 3.88. The van der Waals surface area contributed by atoms with Crippen LogP contribution >= 0.6 is 0 Å². The lowest BCUT2D eigenvalue weighted by Crippen LogP contribution is -2.49. The van der Waals surface area contributed by atoms with Gasteiger partial charge in [-0.2, -0.15) is 0 Å². The van der Waals surface area contributed by atoms with E-state index in [4.69, 9.17) is 10.2 Å². The number of furan rings is 1. The fourth-order valence-electron chi connectivity index (χ4n) is 2.73. The number of rotatable bonds is 2. The number of carbonyl (C=O) groups excluding carboxylic acids is 1. The molecule has 1 saturated carbocycles. The van der Waals surface area contributed by atoms with Gasteiger partial charge < -0.3 is 15.1 Å². The Bertz CT molecular complexity index is 436. The van der Waals surface area contributed by atoms with E-state index in [-0.39, 0.29) is 18.0 Å². The molecule has 4 heteroatoms. The van der Waals surface area contributed by atoms with Crippen molar-refractivity contribution in [1.82, 2.24) is 4.90 Å². The first-order valence-electron chi connectivity index (χ1n) is 6.29. The van der Waals surface area contributed by atoms with Crippen LogP contribution in [0.5, 0.6) is 0 Å². The molecule has 1 aliphatic heterocycles. The number of likely N-dealkylation sites (tertiary alicyclic amines) is 1. The standard InChI is InChI=1S/C13H18N2O2/c1-8-6-7-17-13(8)12-10(14)4-5-11(16)15(12)9-2-3-9/h6-7,9-10,12H,2-5,14H2,1H3. The lowest BCUT2D eigenvalue weighted by molar-refractivity contribution is -0.138. The van der Waals surface area contributed by atoms with E-state index in [1.165, 1.54) is 0 Å². The SMILES string of the molecule is Cc1ccoc1C1C(N)CCC(=O)N1C1CC1. The van der Waals surface area contributed by atoms with Crippen molar-refractivity contribution in [3.05, 3.63) is 23.7 Å². The Morgan fingerprint density at radius 1 is 1.41 bits per heavy atom. The second-order valence-electron chi connectivity index (χ2n) is 5.15. The Morgan fingerprint density at radius 2 is 2.18 bits per heavy atom. The monoisotopic (exact) mass is 234 g/mol. The molecule has 2 fully saturated rings. The first kappa shape index (κ1) is 10.8. The maximum Gasteiger partial charge on any atom is 0.223 e. The van der Waals surface area contributed by atoms with Crippen LogP contribution in [0.3, 0.4) is 0 Å². The molecule has 0 spiro atoms. The van der Waals surface area contributed by atoms with Crippen molar-refractivity contribution in [2.24, 2.45) is 5.73 Å². The van der Waals surface area contributed by atoms with Gasteiger partial charge in [-0.05, 0) is 37.8 Å².